The molecule has 1 amide bonds. The third-order valence-electron chi connectivity index (χ3n) is 4.11. The molecule has 1 aromatic rings. The van der Waals surface area contributed by atoms with Gasteiger partial charge in [-0.05, 0) is 36.5 Å². The first-order valence-corrected chi connectivity index (χ1v) is 9.81. The maximum absolute atomic E-state index is 12.6. The molecule has 0 aromatic heterocycles. The van der Waals surface area contributed by atoms with E-state index in [4.69, 9.17) is 0 Å². The molecule has 1 aromatic carbocycles. The Bertz CT molecular complexity index is 613. The highest BCUT2D eigenvalue weighted by Gasteiger charge is 2.27. The number of carboxylic acid groups (broad SMARTS) is 1. The largest absolute Gasteiger partial charge is 0.480 e. The zero-order valence-electron chi connectivity index (χ0n) is 15.6. The second-order valence-electron chi connectivity index (χ2n) is 7.06. The van der Waals surface area contributed by atoms with Crippen LogP contribution in [0.4, 0.5) is 0 Å². The van der Waals surface area contributed by atoms with Crippen molar-refractivity contribution >= 4 is 33.6 Å². The summed E-state index contributed by atoms with van der Waals surface area (Å²) in [5, 5.41) is 11.8. The molecule has 1 rings (SSSR count). The van der Waals surface area contributed by atoms with Crippen LogP contribution in [-0.2, 0) is 20.8 Å². The van der Waals surface area contributed by atoms with Crippen molar-refractivity contribution < 1.29 is 19.5 Å². The van der Waals surface area contributed by atoms with Crippen LogP contribution in [0.5, 0.6) is 0 Å². The van der Waals surface area contributed by atoms with Crippen molar-refractivity contribution in [2.45, 2.75) is 58.9 Å². The number of Topliss-reactive ketones (excluding diaryl/α,β-unsaturated/α-hetero) is 1. The van der Waals surface area contributed by atoms with Crippen LogP contribution in [0.15, 0.2) is 28.7 Å². The molecule has 0 fully saturated rings. The fourth-order valence-electron chi connectivity index (χ4n) is 2.86. The lowest BCUT2D eigenvalue weighted by molar-refractivity contribution is -0.143. The molecule has 0 unspecified atom stereocenters. The minimum absolute atomic E-state index is 0.0181. The van der Waals surface area contributed by atoms with Crippen LogP contribution in [0, 0.1) is 11.8 Å². The third kappa shape index (κ3) is 8.13. The highest BCUT2D eigenvalue weighted by atomic mass is 79.9. The Hall–Kier alpha value is -1.69. The predicted octanol–water partition coefficient (Wildman–Crippen LogP) is 3.98. The minimum atomic E-state index is -1.04. The number of carbonyl (C=O) groups is 3. The van der Waals surface area contributed by atoms with Crippen molar-refractivity contribution in [2.75, 3.05) is 0 Å². The normalized spacial score (nSPS) is 13.3. The standard InChI is InChI=1S/C20H28BrNO4/c1-4-5-18(20(25)26)22-19(24)15(10-13(2)3)12-17(23)11-14-6-8-16(21)9-7-14/h6-9,13,15,18H,4-5,10-12H2,1-3H3,(H,22,24)(H,25,26)/t15-,18+/m1/s1. The van der Waals surface area contributed by atoms with Crippen LogP contribution in [0.3, 0.4) is 0 Å². The van der Waals surface area contributed by atoms with E-state index in [-0.39, 0.29) is 30.4 Å². The summed E-state index contributed by atoms with van der Waals surface area (Å²) >= 11 is 3.36. The average molecular weight is 426 g/mol. The van der Waals surface area contributed by atoms with Crippen molar-refractivity contribution in [3.63, 3.8) is 0 Å². The van der Waals surface area contributed by atoms with E-state index in [2.05, 4.69) is 21.2 Å². The zero-order chi connectivity index (χ0) is 19.7. The van der Waals surface area contributed by atoms with Gasteiger partial charge in [0.2, 0.25) is 5.91 Å². The summed E-state index contributed by atoms with van der Waals surface area (Å²) in [4.78, 5) is 36.3. The van der Waals surface area contributed by atoms with Crippen molar-refractivity contribution in [1.82, 2.24) is 5.32 Å². The first kappa shape index (κ1) is 22.4. The number of nitrogens with one attached hydrogen (secondary N) is 1. The Morgan fingerprint density at radius 1 is 1.15 bits per heavy atom. The first-order valence-electron chi connectivity index (χ1n) is 9.02. The van der Waals surface area contributed by atoms with Crippen molar-refractivity contribution in [1.29, 1.82) is 0 Å². The molecule has 5 nitrogen and oxygen atoms in total. The van der Waals surface area contributed by atoms with Gasteiger partial charge < -0.3 is 10.4 Å². The van der Waals surface area contributed by atoms with E-state index in [0.717, 1.165) is 10.0 Å². The second kappa shape index (κ2) is 11.1. The van der Waals surface area contributed by atoms with E-state index in [9.17, 15) is 19.5 Å². The van der Waals surface area contributed by atoms with Gasteiger partial charge in [-0.15, -0.1) is 0 Å². The molecule has 0 radical (unpaired) electrons. The van der Waals surface area contributed by atoms with Gasteiger partial charge in [-0.1, -0.05) is 55.3 Å². The zero-order valence-corrected chi connectivity index (χ0v) is 17.2. The van der Waals surface area contributed by atoms with Crippen molar-refractivity contribution in [3.8, 4) is 0 Å². The Labute approximate surface area is 163 Å². The minimum Gasteiger partial charge on any atom is -0.480 e. The SMILES string of the molecule is CCC[C@H](NC(=O)[C@@H](CC(=O)Cc1ccc(Br)cc1)CC(C)C)C(=O)O. The summed E-state index contributed by atoms with van der Waals surface area (Å²) in [5.41, 5.74) is 0.899. The summed E-state index contributed by atoms with van der Waals surface area (Å²) in [6.45, 7) is 5.84. The van der Waals surface area contributed by atoms with Crippen LogP contribution in [-0.4, -0.2) is 28.8 Å². The Morgan fingerprint density at radius 3 is 2.27 bits per heavy atom. The lowest BCUT2D eigenvalue weighted by atomic mass is 9.89. The lowest BCUT2D eigenvalue weighted by Gasteiger charge is -2.21. The number of halogens is 1. The molecule has 144 valence electrons. The van der Waals surface area contributed by atoms with E-state index in [1.54, 1.807) is 0 Å². The van der Waals surface area contributed by atoms with Crippen LogP contribution in [0.2, 0.25) is 0 Å². The number of ketones is 1. The third-order valence-corrected chi connectivity index (χ3v) is 4.64. The molecular weight excluding hydrogens is 398 g/mol. The van der Waals surface area contributed by atoms with Gasteiger partial charge in [-0.2, -0.15) is 0 Å². The Morgan fingerprint density at radius 2 is 1.77 bits per heavy atom. The topological polar surface area (TPSA) is 83.5 Å². The molecule has 0 aliphatic rings. The number of hydrogen-bond donors (Lipinski definition) is 2. The number of benzene rings is 1. The molecule has 0 saturated carbocycles. The molecular formula is C20H28BrNO4. The fourth-order valence-corrected chi connectivity index (χ4v) is 3.13. The molecule has 2 atom stereocenters. The number of carbonyl (C=O) groups excluding carboxylic acids is 2. The number of rotatable bonds is 11. The maximum atomic E-state index is 12.6. The average Bonchev–Trinajstić information content (AvgIpc) is 2.55. The van der Waals surface area contributed by atoms with Gasteiger partial charge in [0.25, 0.3) is 0 Å². The Kier molecular flexibility index (Phi) is 9.55. The summed E-state index contributed by atoms with van der Waals surface area (Å²) in [6.07, 6.45) is 1.98. The highest BCUT2D eigenvalue weighted by molar-refractivity contribution is 9.10. The summed E-state index contributed by atoms with van der Waals surface area (Å²) in [7, 11) is 0. The van der Waals surface area contributed by atoms with Crippen LogP contribution < -0.4 is 5.32 Å². The quantitative estimate of drug-likeness (QED) is 0.561. The molecule has 0 aliphatic heterocycles. The smallest absolute Gasteiger partial charge is 0.326 e. The molecule has 2 N–H and O–H groups in total. The van der Waals surface area contributed by atoms with E-state index in [1.165, 1.54) is 0 Å². The number of amides is 1. The van der Waals surface area contributed by atoms with Gasteiger partial charge in [-0.25, -0.2) is 4.79 Å². The van der Waals surface area contributed by atoms with Crippen LogP contribution in [0.25, 0.3) is 0 Å². The van der Waals surface area contributed by atoms with Gasteiger partial charge in [0.1, 0.15) is 11.8 Å². The van der Waals surface area contributed by atoms with Crippen LogP contribution in [0.1, 0.15) is 52.0 Å². The molecule has 0 aliphatic carbocycles. The summed E-state index contributed by atoms with van der Waals surface area (Å²) in [5.74, 6) is -1.67. The first-order chi connectivity index (χ1) is 12.2. The van der Waals surface area contributed by atoms with Crippen molar-refractivity contribution in [2.24, 2.45) is 11.8 Å². The fraction of sp³-hybridized carbons (Fsp3) is 0.550. The number of hydrogen-bond acceptors (Lipinski definition) is 3. The Balaban J connectivity index is 2.75. The van der Waals surface area contributed by atoms with E-state index < -0.39 is 17.9 Å². The van der Waals surface area contributed by atoms with Gasteiger partial charge in [0.05, 0.1) is 0 Å². The van der Waals surface area contributed by atoms with Gasteiger partial charge in [0.15, 0.2) is 0 Å². The van der Waals surface area contributed by atoms with E-state index in [1.807, 2.05) is 45.0 Å². The molecule has 0 heterocycles. The molecule has 0 bridgehead atoms. The molecule has 26 heavy (non-hydrogen) atoms. The van der Waals surface area contributed by atoms with Crippen molar-refractivity contribution in [3.05, 3.63) is 34.3 Å². The summed E-state index contributed by atoms with van der Waals surface area (Å²) < 4.78 is 0.946. The second-order valence-corrected chi connectivity index (χ2v) is 7.98. The van der Waals surface area contributed by atoms with Gasteiger partial charge in [0, 0.05) is 23.2 Å². The molecule has 0 saturated heterocycles. The lowest BCUT2D eigenvalue weighted by Crippen LogP contribution is -2.44. The highest BCUT2D eigenvalue weighted by Crippen LogP contribution is 2.19. The summed E-state index contributed by atoms with van der Waals surface area (Å²) in [6, 6.07) is 6.61. The number of aliphatic carboxylic acids is 1. The van der Waals surface area contributed by atoms with Gasteiger partial charge >= 0.3 is 5.97 Å². The number of carboxylic acids is 1. The van der Waals surface area contributed by atoms with E-state index >= 15 is 0 Å². The molecule has 0 spiro atoms. The van der Waals surface area contributed by atoms with Crippen LogP contribution >= 0.6 is 15.9 Å². The monoisotopic (exact) mass is 425 g/mol. The maximum Gasteiger partial charge on any atom is 0.326 e. The van der Waals surface area contributed by atoms with Gasteiger partial charge in [-0.3, -0.25) is 9.59 Å². The predicted molar refractivity (Wildman–Crippen MR) is 105 cm³/mol. The van der Waals surface area contributed by atoms with E-state index in [0.29, 0.717) is 19.3 Å². The molecule has 6 heteroatoms.